The smallest absolute Gasteiger partial charge is 0.240 e. The number of nitrogens with zero attached hydrogens (tertiary/aromatic N) is 1. The summed E-state index contributed by atoms with van der Waals surface area (Å²) in [7, 11) is 0. The molecule has 1 aromatic rings. The summed E-state index contributed by atoms with van der Waals surface area (Å²) in [5.74, 6) is 0.0120. The molecule has 0 radical (unpaired) electrons. The maximum absolute atomic E-state index is 11.9. The summed E-state index contributed by atoms with van der Waals surface area (Å²) in [6.07, 6.45) is 21.8. The van der Waals surface area contributed by atoms with Gasteiger partial charge in [0.25, 0.3) is 0 Å². The summed E-state index contributed by atoms with van der Waals surface area (Å²) in [6.45, 7) is 4.18. The van der Waals surface area contributed by atoms with E-state index in [9.17, 15) is 4.79 Å². The van der Waals surface area contributed by atoms with Crippen molar-refractivity contribution in [2.24, 2.45) is 5.10 Å². The van der Waals surface area contributed by atoms with Crippen molar-refractivity contribution >= 4 is 11.6 Å². The van der Waals surface area contributed by atoms with E-state index < -0.39 is 0 Å². The fraction of sp³-hybridized carbons (Fsp3) is 0.615. The van der Waals surface area contributed by atoms with Crippen molar-refractivity contribution in [3.05, 3.63) is 48.0 Å². The number of allylic oxidation sites excluding steroid dienone is 2. The van der Waals surface area contributed by atoms with E-state index in [0.29, 0.717) is 6.42 Å². The molecular formula is C26H42N2O. The molecule has 0 heterocycles. The third-order valence-electron chi connectivity index (χ3n) is 5.21. The zero-order chi connectivity index (χ0) is 21.0. The number of benzene rings is 1. The predicted molar refractivity (Wildman–Crippen MR) is 126 cm³/mol. The molecule has 0 spiro atoms. The number of carbonyl (C=O) groups is 1. The van der Waals surface area contributed by atoms with Crippen LogP contribution in [0.2, 0.25) is 0 Å². The van der Waals surface area contributed by atoms with E-state index in [1.807, 2.05) is 37.3 Å². The highest BCUT2D eigenvalue weighted by atomic mass is 16.2. The van der Waals surface area contributed by atoms with Crippen molar-refractivity contribution in [2.45, 2.75) is 104 Å². The summed E-state index contributed by atoms with van der Waals surface area (Å²) in [6, 6.07) is 9.91. The lowest BCUT2D eigenvalue weighted by atomic mass is 10.1. The highest BCUT2D eigenvalue weighted by Crippen LogP contribution is 2.10. The predicted octanol–water partition coefficient (Wildman–Crippen LogP) is 7.56. The first-order valence-corrected chi connectivity index (χ1v) is 11.8. The van der Waals surface area contributed by atoms with Crippen LogP contribution in [0.1, 0.15) is 109 Å². The Morgan fingerprint density at radius 3 is 2.00 bits per heavy atom. The van der Waals surface area contributed by atoms with Crippen LogP contribution >= 0.6 is 0 Å². The van der Waals surface area contributed by atoms with Crippen LogP contribution in [0.5, 0.6) is 0 Å². The first-order chi connectivity index (χ1) is 14.2. The summed E-state index contributed by atoms with van der Waals surface area (Å²) in [5.41, 5.74) is 4.54. The van der Waals surface area contributed by atoms with Crippen LogP contribution in [-0.2, 0) is 4.79 Å². The minimum absolute atomic E-state index is 0.0120. The number of hydrogen-bond donors (Lipinski definition) is 1. The number of rotatable bonds is 17. The molecule has 0 unspecified atom stereocenters. The number of hydrazone groups is 1. The van der Waals surface area contributed by atoms with Crippen LogP contribution in [0, 0.1) is 0 Å². The van der Waals surface area contributed by atoms with Crippen molar-refractivity contribution in [1.29, 1.82) is 0 Å². The normalized spacial score (nSPS) is 11.9. The topological polar surface area (TPSA) is 41.5 Å². The number of nitrogens with one attached hydrogen (secondary N) is 1. The molecule has 0 saturated carbocycles. The Bertz CT molecular complexity index is 578. The molecule has 1 N–H and O–H groups in total. The summed E-state index contributed by atoms with van der Waals surface area (Å²) >= 11 is 0. The Morgan fingerprint density at radius 2 is 1.38 bits per heavy atom. The molecule has 0 aliphatic rings. The van der Waals surface area contributed by atoms with Gasteiger partial charge in [0.05, 0.1) is 5.71 Å². The van der Waals surface area contributed by atoms with Crippen LogP contribution in [0.15, 0.2) is 47.6 Å². The lowest BCUT2D eigenvalue weighted by molar-refractivity contribution is -0.121. The summed E-state index contributed by atoms with van der Waals surface area (Å²) < 4.78 is 0. The average Bonchev–Trinajstić information content (AvgIpc) is 2.75. The lowest BCUT2D eigenvalue weighted by Gasteiger charge is -2.03. The Labute approximate surface area is 179 Å². The first-order valence-electron chi connectivity index (χ1n) is 11.8. The van der Waals surface area contributed by atoms with Crippen molar-refractivity contribution in [2.75, 3.05) is 0 Å². The first kappa shape index (κ1) is 25.1. The Hall–Kier alpha value is -1.90. The van der Waals surface area contributed by atoms with Crippen LogP contribution in [0.4, 0.5) is 0 Å². The van der Waals surface area contributed by atoms with Crippen LogP contribution in [0.3, 0.4) is 0 Å². The summed E-state index contributed by atoms with van der Waals surface area (Å²) in [5, 5.41) is 4.19. The van der Waals surface area contributed by atoms with Crippen molar-refractivity contribution in [3.8, 4) is 0 Å². The molecule has 1 amide bonds. The molecule has 29 heavy (non-hydrogen) atoms. The van der Waals surface area contributed by atoms with E-state index in [0.717, 1.165) is 24.1 Å². The number of unbranched alkanes of at least 4 members (excludes halogenated alkanes) is 11. The lowest BCUT2D eigenvalue weighted by Crippen LogP contribution is -2.18. The van der Waals surface area contributed by atoms with Gasteiger partial charge < -0.3 is 0 Å². The van der Waals surface area contributed by atoms with E-state index in [1.165, 1.54) is 70.6 Å². The zero-order valence-corrected chi connectivity index (χ0v) is 18.8. The second-order valence-electron chi connectivity index (χ2n) is 7.93. The molecule has 0 aliphatic heterocycles. The van der Waals surface area contributed by atoms with Crippen molar-refractivity contribution < 1.29 is 4.79 Å². The van der Waals surface area contributed by atoms with E-state index in [1.54, 1.807) is 0 Å². The van der Waals surface area contributed by atoms with Crippen LogP contribution < -0.4 is 5.43 Å². The Kier molecular flexibility index (Phi) is 15.7. The third kappa shape index (κ3) is 14.7. The molecule has 3 nitrogen and oxygen atoms in total. The quantitative estimate of drug-likeness (QED) is 0.125. The summed E-state index contributed by atoms with van der Waals surface area (Å²) in [4.78, 5) is 11.9. The average molecular weight is 399 g/mol. The van der Waals surface area contributed by atoms with Crippen molar-refractivity contribution in [3.63, 3.8) is 0 Å². The molecule has 1 rings (SSSR count). The van der Waals surface area contributed by atoms with Crippen LogP contribution in [-0.4, -0.2) is 11.6 Å². The van der Waals surface area contributed by atoms with Gasteiger partial charge in [-0.25, -0.2) is 5.43 Å². The number of amides is 1. The molecule has 162 valence electrons. The molecule has 0 aliphatic carbocycles. The van der Waals surface area contributed by atoms with Gasteiger partial charge in [-0.05, 0) is 44.6 Å². The van der Waals surface area contributed by atoms with Gasteiger partial charge in [-0.2, -0.15) is 5.10 Å². The molecule has 0 atom stereocenters. The van der Waals surface area contributed by atoms with Gasteiger partial charge in [0.2, 0.25) is 5.91 Å². The van der Waals surface area contributed by atoms with E-state index in [4.69, 9.17) is 0 Å². The zero-order valence-electron chi connectivity index (χ0n) is 18.8. The Balaban J connectivity index is 1.91. The fourth-order valence-electron chi connectivity index (χ4n) is 3.30. The SMILES string of the molecule is CCCCCCCC/C=C/CCCCCCCC(=O)NN=C(C)c1ccccc1. The second kappa shape index (κ2) is 18.1. The molecule has 0 saturated heterocycles. The molecule has 0 aromatic heterocycles. The van der Waals surface area contributed by atoms with E-state index in [2.05, 4.69) is 29.6 Å². The van der Waals surface area contributed by atoms with E-state index >= 15 is 0 Å². The highest BCUT2D eigenvalue weighted by molar-refractivity contribution is 5.99. The second-order valence-corrected chi connectivity index (χ2v) is 7.93. The minimum atomic E-state index is 0.0120. The molecule has 0 bridgehead atoms. The Morgan fingerprint density at radius 1 is 0.828 bits per heavy atom. The number of carbonyl (C=O) groups excluding carboxylic acids is 1. The van der Waals surface area contributed by atoms with Gasteiger partial charge >= 0.3 is 0 Å². The maximum Gasteiger partial charge on any atom is 0.240 e. The van der Waals surface area contributed by atoms with Gasteiger partial charge in [0, 0.05) is 6.42 Å². The molecule has 0 fully saturated rings. The molecule has 1 aromatic carbocycles. The van der Waals surface area contributed by atoms with E-state index in [-0.39, 0.29) is 5.91 Å². The van der Waals surface area contributed by atoms with Gasteiger partial charge in [0.15, 0.2) is 0 Å². The maximum atomic E-state index is 11.9. The van der Waals surface area contributed by atoms with Gasteiger partial charge in [-0.3, -0.25) is 4.79 Å². The molecule has 3 heteroatoms. The van der Waals surface area contributed by atoms with Crippen LogP contribution in [0.25, 0.3) is 0 Å². The largest absolute Gasteiger partial charge is 0.273 e. The van der Waals surface area contributed by atoms with Gasteiger partial charge in [-0.1, -0.05) is 101 Å². The molecular weight excluding hydrogens is 356 g/mol. The standard InChI is InChI=1S/C26H42N2O/c1-3-4-5-6-7-8-9-10-11-12-13-14-15-16-20-23-26(29)28-27-24(2)25-21-18-17-19-22-25/h10-11,17-19,21-22H,3-9,12-16,20,23H2,1-2H3,(H,28,29)/b11-10+,27-24?. The van der Waals surface area contributed by atoms with Gasteiger partial charge in [-0.15, -0.1) is 0 Å². The third-order valence-corrected chi connectivity index (χ3v) is 5.21. The monoisotopic (exact) mass is 398 g/mol. The van der Waals surface area contributed by atoms with Gasteiger partial charge in [0.1, 0.15) is 0 Å². The fourth-order valence-corrected chi connectivity index (χ4v) is 3.30. The number of hydrogen-bond acceptors (Lipinski definition) is 2. The minimum Gasteiger partial charge on any atom is -0.273 e. The highest BCUT2D eigenvalue weighted by Gasteiger charge is 2.01. The van der Waals surface area contributed by atoms with Crippen molar-refractivity contribution in [1.82, 2.24) is 5.43 Å².